The normalized spacial score (nSPS) is 11.1. The van der Waals surface area contributed by atoms with Crippen LogP contribution in [0.5, 0.6) is 0 Å². The lowest BCUT2D eigenvalue weighted by molar-refractivity contribution is 0.384. The van der Waals surface area contributed by atoms with Gasteiger partial charge in [0.25, 0.3) is 5.78 Å². The molecular formula is C15H14N8O. The van der Waals surface area contributed by atoms with Crippen LogP contribution >= 0.6 is 0 Å². The van der Waals surface area contributed by atoms with Gasteiger partial charge in [0.2, 0.25) is 11.7 Å². The van der Waals surface area contributed by atoms with Gasteiger partial charge in [-0.05, 0) is 26.0 Å². The monoisotopic (exact) mass is 322 g/mol. The molecule has 4 rings (SSSR count). The molecule has 0 fully saturated rings. The van der Waals surface area contributed by atoms with Gasteiger partial charge in [0.15, 0.2) is 0 Å². The molecule has 0 unspecified atom stereocenters. The highest BCUT2D eigenvalue weighted by atomic mass is 16.5. The number of hydrogen-bond donors (Lipinski definition) is 1. The van der Waals surface area contributed by atoms with E-state index in [1.54, 1.807) is 16.9 Å². The summed E-state index contributed by atoms with van der Waals surface area (Å²) in [5.74, 6) is 2.32. The third kappa shape index (κ3) is 2.45. The van der Waals surface area contributed by atoms with Gasteiger partial charge >= 0.3 is 0 Å². The third-order valence-electron chi connectivity index (χ3n) is 3.70. The van der Waals surface area contributed by atoms with Crippen molar-refractivity contribution in [1.82, 2.24) is 34.7 Å². The summed E-state index contributed by atoms with van der Waals surface area (Å²) in [5, 5.41) is 11.4. The Morgan fingerprint density at radius 1 is 1.25 bits per heavy atom. The Hall–Kier alpha value is -3.36. The van der Waals surface area contributed by atoms with Crippen LogP contribution in [0.4, 0.5) is 5.82 Å². The van der Waals surface area contributed by atoms with Crippen LogP contribution in [0.1, 0.15) is 17.1 Å². The second kappa shape index (κ2) is 5.69. The second-order valence-corrected chi connectivity index (χ2v) is 5.25. The summed E-state index contributed by atoms with van der Waals surface area (Å²) in [6, 6.07) is 3.71. The van der Waals surface area contributed by atoms with Crippen LogP contribution in [-0.4, -0.2) is 34.7 Å². The molecule has 9 heteroatoms. The lowest BCUT2D eigenvalue weighted by Crippen LogP contribution is -2.10. The number of anilines is 1. The Kier molecular flexibility index (Phi) is 3.38. The summed E-state index contributed by atoms with van der Waals surface area (Å²) in [4.78, 5) is 16.9. The zero-order valence-electron chi connectivity index (χ0n) is 13.1. The molecule has 0 atom stereocenters. The molecule has 0 saturated heterocycles. The van der Waals surface area contributed by atoms with Gasteiger partial charge in [0, 0.05) is 29.2 Å². The molecule has 0 aliphatic heterocycles. The Balaban J connectivity index is 1.59. The number of nitrogens with one attached hydrogen (secondary N) is 1. The first-order chi connectivity index (χ1) is 11.7. The molecule has 0 spiro atoms. The van der Waals surface area contributed by atoms with Gasteiger partial charge < -0.3 is 9.84 Å². The molecule has 24 heavy (non-hydrogen) atoms. The molecule has 0 aliphatic carbocycles. The van der Waals surface area contributed by atoms with Crippen LogP contribution in [-0.2, 0) is 6.54 Å². The van der Waals surface area contributed by atoms with Crippen LogP contribution in [0.25, 0.3) is 17.2 Å². The van der Waals surface area contributed by atoms with E-state index in [1.165, 1.54) is 6.33 Å². The maximum atomic E-state index is 5.29. The van der Waals surface area contributed by atoms with Crippen molar-refractivity contribution in [2.45, 2.75) is 20.4 Å². The van der Waals surface area contributed by atoms with Crippen molar-refractivity contribution < 1.29 is 4.52 Å². The van der Waals surface area contributed by atoms with Crippen molar-refractivity contribution in [1.29, 1.82) is 0 Å². The number of aryl methyl sites for hydroxylation is 1. The third-order valence-corrected chi connectivity index (χ3v) is 3.70. The molecule has 0 radical (unpaired) electrons. The van der Waals surface area contributed by atoms with Crippen molar-refractivity contribution in [3.8, 4) is 11.4 Å². The number of fused-ring (bicyclic) bond motifs is 1. The van der Waals surface area contributed by atoms with Crippen molar-refractivity contribution in [2.24, 2.45) is 0 Å². The summed E-state index contributed by atoms with van der Waals surface area (Å²) >= 11 is 0. The molecule has 0 aliphatic rings. The Bertz CT molecular complexity index is 991. The van der Waals surface area contributed by atoms with Gasteiger partial charge in [-0.1, -0.05) is 5.16 Å². The van der Waals surface area contributed by atoms with Crippen molar-refractivity contribution in [2.75, 3.05) is 5.32 Å². The van der Waals surface area contributed by atoms with Crippen LogP contribution < -0.4 is 5.32 Å². The highest BCUT2D eigenvalue weighted by Gasteiger charge is 2.13. The minimum absolute atomic E-state index is 0.368. The van der Waals surface area contributed by atoms with E-state index < -0.39 is 0 Å². The lowest BCUT2D eigenvalue weighted by Gasteiger charge is -2.10. The summed E-state index contributed by atoms with van der Waals surface area (Å²) in [6.45, 7) is 4.27. The van der Waals surface area contributed by atoms with Crippen molar-refractivity contribution in [3.05, 3.63) is 48.0 Å². The molecule has 0 bridgehead atoms. The minimum atomic E-state index is 0.368. The average Bonchev–Trinajstić information content (AvgIpc) is 3.25. The zero-order chi connectivity index (χ0) is 16.5. The number of rotatable bonds is 4. The first kappa shape index (κ1) is 14.2. The fourth-order valence-corrected chi connectivity index (χ4v) is 2.34. The fourth-order valence-electron chi connectivity index (χ4n) is 2.34. The highest BCUT2D eigenvalue weighted by Crippen LogP contribution is 2.19. The zero-order valence-corrected chi connectivity index (χ0v) is 13.1. The van der Waals surface area contributed by atoms with E-state index in [-0.39, 0.29) is 0 Å². The maximum absolute atomic E-state index is 5.29. The molecule has 120 valence electrons. The van der Waals surface area contributed by atoms with Gasteiger partial charge in [-0.2, -0.15) is 19.6 Å². The van der Waals surface area contributed by atoms with Crippen LogP contribution in [0.3, 0.4) is 0 Å². The Labute approximate surface area is 136 Å². The molecule has 1 N–H and O–H groups in total. The fraction of sp³-hybridized carbons (Fsp3) is 0.200. The molecule has 4 heterocycles. The van der Waals surface area contributed by atoms with Gasteiger partial charge in [-0.3, -0.25) is 4.98 Å². The minimum Gasteiger partial charge on any atom is -0.361 e. The van der Waals surface area contributed by atoms with Gasteiger partial charge in [-0.25, -0.2) is 4.98 Å². The van der Waals surface area contributed by atoms with Gasteiger partial charge in [0.1, 0.15) is 12.1 Å². The smallest absolute Gasteiger partial charge is 0.254 e. The SMILES string of the molecule is Cc1nc2ncnn2c(NCc2nc(-c3cccnc3)no2)c1C. The number of aromatic nitrogens is 7. The molecule has 0 aromatic carbocycles. The molecule has 0 amide bonds. The summed E-state index contributed by atoms with van der Waals surface area (Å²) in [7, 11) is 0. The van der Waals surface area contributed by atoms with Crippen LogP contribution in [0.15, 0.2) is 35.4 Å². The predicted molar refractivity (Wildman–Crippen MR) is 85.1 cm³/mol. The van der Waals surface area contributed by atoms with E-state index >= 15 is 0 Å². The topological polar surface area (TPSA) is 107 Å². The Morgan fingerprint density at radius 2 is 2.17 bits per heavy atom. The average molecular weight is 322 g/mol. The standard InChI is InChI=1S/C15H14N8O/c1-9-10(2)20-15-18-8-19-23(15)14(9)17-7-12-21-13(22-24-12)11-4-3-5-16-6-11/h3-6,8,17H,7H2,1-2H3. The molecule has 4 aromatic rings. The van der Waals surface area contributed by atoms with Crippen molar-refractivity contribution in [3.63, 3.8) is 0 Å². The number of hydrogen-bond acceptors (Lipinski definition) is 8. The van der Waals surface area contributed by atoms with E-state index in [1.807, 2.05) is 26.0 Å². The van der Waals surface area contributed by atoms with E-state index in [2.05, 4.69) is 35.5 Å². The van der Waals surface area contributed by atoms with Crippen molar-refractivity contribution >= 4 is 11.6 Å². The van der Waals surface area contributed by atoms with E-state index in [9.17, 15) is 0 Å². The van der Waals surface area contributed by atoms with E-state index in [0.717, 1.165) is 22.6 Å². The number of nitrogens with zero attached hydrogens (tertiary/aromatic N) is 7. The first-order valence-corrected chi connectivity index (χ1v) is 7.36. The summed E-state index contributed by atoms with van der Waals surface area (Å²) in [6.07, 6.45) is 4.86. The Morgan fingerprint density at radius 3 is 3.00 bits per heavy atom. The lowest BCUT2D eigenvalue weighted by atomic mass is 10.2. The molecule has 9 nitrogen and oxygen atoms in total. The molecule has 4 aromatic heterocycles. The predicted octanol–water partition coefficient (Wildman–Crippen LogP) is 1.80. The van der Waals surface area contributed by atoms with Gasteiger partial charge in [0.05, 0.1) is 6.54 Å². The highest BCUT2D eigenvalue weighted by molar-refractivity contribution is 5.53. The first-order valence-electron chi connectivity index (χ1n) is 7.36. The van der Waals surface area contributed by atoms with E-state index in [4.69, 9.17) is 4.52 Å². The molecular weight excluding hydrogens is 308 g/mol. The number of pyridine rings is 1. The summed E-state index contributed by atoms with van der Waals surface area (Å²) < 4.78 is 6.95. The van der Waals surface area contributed by atoms with Crippen LogP contribution in [0.2, 0.25) is 0 Å². The quantitative estimate of drug-likeness (QED) is 0.606. The summed E-state index contributed by atoms with van der Waals surface area (Å²) in [5.41, 5.74) is 2.68. The maximum Gasteiger partial charge on any atom is 0.254 e. The largest absolute Gasteiger partial charge is 0.361 e. The second-order valence-electron chi connectivity index (χ2n) is 5.25. The van der Waals surface area contributed by atoms with Gasteiger partial charge in [-0.15, -0.1) is 0 Å². The van der Waals surface area contributed by atoms with E-state index in [0.29, 0.717) is 24.0 Å². The molecule has 0 saturated carbocycles. The van der Waals surface area contributed by atoms with Crippen LogP contribution in [0, 0.1) is 13.8 Å².